The number of carbonyl (C=O) groups excluding carboxylic acids is 2. The summed E-state index contributed by atoms with van der Waals surface area (Å²) in [5.74, 6) is -1.17. The molecule has 0 aromatic heterocycles. The smallest absolute Gasteiger partial charge is 0.324 e. The Hall–Kier alpha value is -1.68. The van der Waals surface area contributed by atoms with Crippen molar-refractivity contribution in [1.82, 2.24) is 0 Å². The minimum absolute atomic E-state index is 0.186. The maximum Gasteiger partial charge on any atom is 0.324 e. The number of carbonyl (C=O) groups is 2. The minimum atomic E-state index is -1.08. The molecule has 0 spiro atoms. The Bertz CT molecular complexity index is 545. The summed E-state index contributed by atoms with van der Waals surface area (Å²) >= 11 is 0. The zero-order valence-electron chi connectivity index (χ0n) is 12.0. The fourth-order valence-corrected chi connectivity index (χ4v) is 3.41. The van der Waals surface area contributed by atoms with Crippen molar-refractivity contribution in [2.24, 2.45) is 11.8 Å². The molecule has 1 fully saturated rings. The zero-order valence-corrected chi connectivity index (χ0v) is 12.0. The van der Waals surface area contributed by atoms with Gasteiger partial charge in [0.2, 0.25) is 0 Å². The zero-order chi connectivity index (χ0) is 14.8. The molecule has 0 amide bonds. The third-order valence-corrected chi connectivity index (χ3v) is 4.58. The summed E-state index contributed by atoms with van der Waals surface area (Å²) in [6.07, 6.45) is 4.90. The van der Waals surface area contributed by atoms with Crippen LogP contribution in [0.3, 0.4) is 0 Å². The second-order valence-corrected chi connectivity index (χ2v) is 6.06. The quantitative estimate of drug-likeness (QED) is 0.528. The standard InChI is InChI=1S/C17H20O4/c18-13(10-11-6-2-1-3-7-11)15-16(19)12-8-4-5-9-14(12)21-17(15)20/h4-5,8-9,11,15-16,19H,1-3,6-7,10H2. The number of fused-ring (bicyclic) bond motifs is 1. The molecule has 1 heterocycles. The number of esters is 1. The fraction of sp³-hybridized carbons (Fsp3) is 0.529. The van der Waals surface area contributed by atoms with Gasteiger partial charge in [0.25, 0.3) is 0 Å². The van der Waals surface area contributed by atoms with Crippen molar-refractivity contribution < 1.29 is 19.4 Å². The molecule has 2 atom stereocenters. The second-order valence-electron chi connectivity index (χ2n) is 6.06. The van der Waals surface area contributed by atoms with Gasteiger partial charge < -0.3 is 9.84 Å². The van der Waals surface area contributed by atoms with Crippen molar-refractivity contribution in [3.05, 3.63) is 29.8 Å². The van der Waals surface area contributed by atoms with Crippen LogP contribution in [0.15, 0.2) is 24.3 Å². The maximum absolute atomic E-state index is 12.4. The minimum Gasteiger partial charge on any atom is -0.426 e. The van der Waals surface area contributed by atoms with Crippen molar-refractivity contribution in [2.45, 2.75) is 44.6 Å². The number of ether oxygens (including phenoxy) is 1. The van der Waals surface area contributed by atoms with Crippen LogP contribution in [0.4, 0.5) is 0 Å². The summed E-state index contributed by atoms with van der Waals surface area (Å²) in [4.78, 5) is 24.5. The molecule has 1 aromatic rings. The number of aliphatic hydroxyl groups excluding tert-OH is 1. The Kier molecular flexibility index (Phi) is 4.06. The van der Waals surface area contributed by atoms with Crippen LogP contribution in [0.5, 0.6) is 5.75 Å². The van der Waals surface area contributed by atoms with E-state index in [-0.39, 0.29) is 5.78 Å². The van der Waals surface area contributed by atoms with Gasteiger partial charge in [-0.1, -0.05) is 50.3 Å². The summed E-state index contributed by atoms with van der Waals surface area (Å²) in [5, 5.41) is 10.4. The Morgan fingerprint density at radius 1 is 1.19 bits per heavy atom. The highest BCUT2D eigenvalue weighted by Gasteiger charge is 2.41. The van der Waals surface area contributed by atoms with E-state index < -0.39 is 18.0 Å². The van der Waals surface area contributed by atoms with Gasteiger partial charge in [-0.3, -0.25) is 9.59 Å². The van der Waals surface area contributed by atoms with Gasteiger partial charge >= 0.3 is 5.97 Å². The number of rotatable bonds is 3. The number of aliphatic hydroxyl groups is 1. The topological polar surface area (TPSA) is 63.6 Å². The molecule has 0 bridgehead atoms. The normalized spacial score (nSPS) is 26.0. The predicted octanol–water partition coefficient (Wildman–Crippen LogP) is 2.79. The molecule has 112 valence electrons. The lowest BCUT2D eigenvalue weighted by Crippen LogP contribution is -2.38. The molecule has 2 aliphatic rings. The first-order chi connectivity index (χ1) is 10.2. The monoisotopic (exact) mass is 288 g/mol. The molecule has 1 aromatic carbocycles. The van der Waals surface area contributed by atoms with E-state index in [1.165, 1.54) is 6.42 Å². The molecule has 1 N–H and O–H groups in total. The van der Waals surface area contributed by atoms with E-state index in [0.717, 1.165) is 25.7 Å². The van der Waals surface area contributed by atoms with Crippen LogP contribution < -0.4 is 4.74 Å². The fourth-order valence-electron chi connectivity index (χ4n) is 3.41. The molecule has 21 heavy (non-hydrogen) atoms. The van der Waals surface area contributed by atoms with Crippen LogP contribution in [-0.2, 0) is 9.59 Å². The lowest BCUT2D eigenvalue weighted by atomic mass is 9.81. The number of hydrogen-bond donors (Lipinski definition) is 1. The van der Waals surface area contributed by atoms with Crippen molar-refractivity contribution in [3.63, 3.8) is 0 Å². The number of benzene rings is 1. The van der Waals surface area contributed by atoms with Gasteiger partial charge in [-0.15, -0.1) is 0 Å². The number of Topliss-reactive ketones (excluding diaryl/α,β-unsaturated/α-hetero) is 1. The lowest BCUT2D eigenvalue weighted by molar-refractivity contribution is -0.151. The van der Waals surface area contributed by atoms with E-state index in [1.807, 2.05) is 0 Å². The highest BCUT2D eigenvalue weighted by molar-refractivity contribution is 6.01. The number of ketones is 1. The van der Waals surface area contributed by atoms with Crippen LogP contribution in [0.25, 0.3) is 0 Å². The lowest BCUT2D eigenvalue weighted by Gasteiger charge is -2.29. The molecular weight excluding hydrogens is 268 g/mol. The number of para-hydroxylation sites is 1. The van der Waals surface area contributed by atoms with Gasteiger partial charge in [0, 0.05) is 12.0 Å². The molecule has 0 radical (unpaired) electrons. The predicted molar refractivity (Wildman–Crippen MR) is 76.7 cm³/mol. The van der Waals surface area contributed by atoms with Gasteiger partial charge in [-0.2, -0.15) is 0 Å². The maximum atomic E-state index is 12.4. The molecule has 2 unspecified atom stereocenters. The highest BCUT2D eigenvalue weighted by Crippen LogP contribution is 2.38. The summed E-state index contributed by atoms with van der Waals surface area (Å²) in [7, 11) is 0. The highest BCUT2D eigenvalue weighted by atomic mass is 16.5. The van der Waals surface area contributed by atoms with E-state index in [1.54, 1.807) is 24.3 Å². The van der Waals surface area contributed by atoms with Gasteiger partial charge in [0.15, 0.2) is 0 Å². The third-order valence-electron chi connectivity index (χ3n) is 4.58. The van der Waals surface area contributed by atoms with Crippen LogP contribution in [0.2, 0.25) is 0 Å². The molecule has 1 saturated carbocycles. The van der Waals surface area contributed by atoms with Crippen molar-refractivity contribution in [3.8, 4) is 5.75 Å². The summed E-state index contributed by atoms with van der Waals surface area (Å²) in [5.41, 5.74) is 0.527. The van der Waals surface area contributed by atoms with Gasteiger partial charge in [-0.25, -0.2) is 0 Å². The van der Waals surface area contributed by atoms with E-state index in [9.17, 15) is 14.7 Å². The summed E-state index contributed by atoms with van der Waals surface area (Å²) in [6, 6.07) is 6.85. The van der Waals surface area contributed by atoms with E-state index in [4.69, 9.17) is 4.74 Å². The first-order valence-electron chi connectivity index (χ1n) is 7.68. The molecule has 4 nitrogen and oxygen atoms in total. The Labute approximate surface area is 124 Å². The Morgan fingerprint density at radius 2 is 1.90 bits per heavy atom. The van der Waals surface area contributed by atoms with Crippen LogP contribution in [-0.4, -0.2) is 16.9 Å². The largest absolute Gasteiger partial charge is 0.426 e. The summed E-state index contributed by atoms with van der Waals surface area (Å²) < 4.78 is 5.21. The van der Waals surface area contributed by atoms with Crippen LogP contribution in [0, 0.1) is 11.8 Å². The average Bonchev–Trinajstić information content (AvgIpc) is 2.48. The second kappa shape index (κ2) is 5.98. The first-order valence-corrected chi connectivity index (χ1v) is 7.68. The van der Waals surface area contributed by atoms with Crippen LogP contribution >= 0.6 is 0 Å². The van der Waals surface area contributed by atoms with Crippen molar-refractivity contribution >= 4 is 11.8 Å². The van der Waals surface area contributed by atoms with Crippen molar-refractivity contribution in [2.75, 3.05) is 0 Å². The Balaban J connectivity index is 1.75. The van der Waals surface area contributed by atoms with E-state index >= 15 is 0 Å². The first kappa shape index (κ1) is 14.3. The molecule has 1 aliphatic heterocycles. The van der Waals surface area contributed by atoms with E-state index in [0.29, 0.717) is 23.7 Å². The van der Waals surface area contributed by atoms with Crippen LogP contribution in [0.1, 0.15) is 50.2 Å². The van der Waals surface area contributed by atoms with Gasteiger partial charge in [-0.05, 0) is 12.0 Å². The van der Waals surface area contributed by atoms with Crippen molar-refractivity contribution in [1.29, 1.82) is 0 Å². The molecule has 4 heteroatoms. The molecular formula is C17H20O4. The van der Waals surface area contributed by atoms with Gasteiger partial charge in [0.1, 0.15) is 23.6 Å². The summed E-state index contributed by atoms with van der Waals surface area (Å²) in [6.45, 7) is 0. The Morgan fingerprint density at radius 3 is 2.67 bits per heavy atom. The SMILES string of the molecule is O=C(CC1CCCCC1)C1C(=O)Oc2ccccc2C1O. The molecule has 3 rings (SSSR count). The third kappa shape index (κ3) is 2.86. The van der Waals surface area contributed by atoms with Gasteiger partial charge in [0.05, 0.1) is 0 Å². The number of hydrogen-bond acceptors (Lipinski definition) is 4. The molecule has 0 saturated heterocycles. The molecule has 1 aliphatic carbocycles. The average molecular weight is 288 g/mol. The van der Waals surface area contributed by atoms with E-state index in [2.05, 4.69) is 0 Å².